The molecule has 0 saturated carbocycles. The van der Waals surface area contributed by atoms with Crippen molar-refractivity contribution in [3.8, 4) is 11.1 Å². The van der Waals surface area contributed by atoms with Crippen LogP contribution in [0.1, 0.15) is 0 Å². The SMILES string of the molecule is c1ccc2cc(-c3cc4[nH]c5ccccc5c4c4sc5ccc6ccccc6c5c34)ccc2c1. The zero-order valence-corrected chi connectivity index (χ0v) is 19.1. The molecule has 0 radical (unpaired) electrons. The van der Waals surface area contributed by atoms with E-state index in [1.165, 1.54) is 74.6 Å². The largest absolute Gasteiger partial charge is 0.354 e. The van der Waals surface area contributed by atoms with Crippen molar-refractivity contribution in [2.75, 3.05) is 0 Å². The van der Waals surface area contributed by atoms with Gasteiger partial charge in [0.15, 0.2) is 0 Å². The fourth-order valence-corrected chi connectivity index (χ4v) is 6.92. The van der Waals surface area contributed by atoms with Crippen molar-refractivity contribution in [1.82, 2.24) is 4.98 Å². The van der Waals surface area contributed by atoms with E-state index in [-0.39, 0.29) is 0 Å². The maximum absolute atomic E-state index is 3.71. The van der Waals surface area contributed by atoms with Gasteiger partial charge in [0.05, 0.1) is 0 Å². The molecule has 0 spiro atoms. The topological polar surface area (TPSA) is 15.8 Å². The molecule has 1 N–H and O–H groups in total. The van der Waals surface area contributed by atoms with Gasteiger partial charge in [-0.3, -0.25) is 0 Å². The minimum Gasteiger partial charge on any atom is -0.354 e. The smallest absolute Gasteiger partial charge is 0.0485 e. The van der Waals surface area contributed by atoms with Crippen molar-refractivity contribution < 1.29 is 0 Å². The van der Waals surface area contributed by atoms with Crippen molar-refractivity contribution in [3.05, 3.63) is 109 Å². The molecule has 2 aromatic heterocycles. The summed E-state index contributed by atoms with van der Waals surface area (Å²) in [5.74, 6) is 0. The number of hydrogen-bond donors (Lipinski definition) is 1. The fraction of sp³-hybridized carbons (Fsp3) is 0. The highest BCUT2D eigenvalue weighted by Gasteiger charge is 2.19. The molecule has 8 rings (SSSR count). The average molecular weight is 450 g/mol. The lowest BCUT2D eigenvalue weighted by Crippen LogP contribution is -1.83. The van der Waals surface area contributed by atoms with Crippen LogP contribution in [0.3, 0.4) is 0 Å². The molecule has 0 fully saturated rings. The summed E-state index contributed by atoms with van der Waals surface area (Å²) in [7, 11) is 0. The van der Waals surface area contributed by atoms with Crippen LogP contribution in [0.25, 0.3) is 74.6 Å². The predicted molar refractivity (Wildman–Crippen MR) is 149 cm³/mol. The van der Waals surface area contributed by atoms with E-state index >= 15 is 0 Å². The van der Waals surface area contributed by atoms with Crippen LogP contribution in [0, 0.1) is 0 Å². The first-order chi connectivity index (χ1) is 16.8. The Morgan fingerprint density at radius 2 is 1.24 bits per heavy atom. The van der Waals surface area contributed by atoms with Gasteiger partial charge in [-0.2, -0.15) is 0 Å². The van der Waals surface area contributed by atoms with Gasteiger partial charge >= 0.3 is 0 Å². The van der Waals surface area contributed by atoms with Gasteiger partial charge in [-0.15, -0.1) is 11.3 Å². The molecule has 8 aromatic rings. The zero-order chi connectivity index (χ0) is 22.2. The summed E-state index contributed by atoms with van der Waals surface area (Å²) in [6.45, 7) is 0. The molecule has 2 heteroatoms. The van der Waals surface area contributed by atoms with Crippen molar-refractivity contribution in [2.24, 2.45) is 0 Å². The summed E-state index contributed by atoms with van der Waals surface area (Å²) in [6.07, 6.45) is 0. The molecule has 1 nitrogen and oxygen atoms in total. The van der Waals surface area contributed by atoms with Gasteiger partial charge in [0.1, 0.15) is 0 Å². The molecule has 0 unspecified atom stereocenters. The van der Waals surface area contributed by atoms with Gasteiger partial charge in [-0.1, -0.05) is 84.9 Å². The van der Waals surface area contributed by atoms with Crippen molar-refractivity contribution >= 4 is 74.9 Å². The third-order valence-electron chi connectivity index (χ3n) is 7.16. The van der Waals surface area contributed by atoms with Crippen LogP contribution in [0.2, 0.25) is 0 Å². The third kappa shape index (κ3) is 2.43. The summed E-state index contributed by atoms with van der Waals surface area (Å²) < 4.78 is 2.71. The molecule has 0 amide bonds. The van der Waals surface area contributed by atoms with E-state index in [9.17, 15) is 0 Å². The predicted octanol–water partition coefficient (Wildman–Crippen LogP) is 9.66. The second-order valence-electron chi connectivity index (χ2n) is 9.05. The number of hydrogen-bond acceptors (Lipinski definition) is 1. The molecular formula is C32H19NS. The molecule has 0 atom stereocenters. The quantitative estimate of drug-likeness (QED) is 0.257. The Hall–Kier alpha value is -4.14. The van der Waals surface area contributed by atoms with Crippen LogP contribution in [0.5, 0.6) is 0 Å². The molecule has 0 aliphatic heterocycles. The number of nitrogens with one attached hydrogen (secondary N) is 1. The lowest BCUT2D eigenvalue weighted by molar-refractivity contribution is 1.55. The summed E-state index contributed by atoms with van der Waals surface area (Å²) in [5.41, 5.74) is 4.95. The van der Waals surface area contributed by atoms with E-state index in [1.807, 2.05) is 11.3 Å². The van der Waals surface area contributed by atoms with E-state index in [0.29, 0.717) is 0 Å². The number of fused-ring (bicyclic) bond motifs is 10. The number of thiophene rings is 1. The van der Waals surface area contributed by atoms with Crippen LogP contribution < -0.4 is 0 Å². The van der Waals surface area contributed by atoms with Gasteiger partial charge in [0.2, 0.25) is 0 Å². The molecule has 158 valence electrons. The Bertz CT molecular complexity index is 2070. The first-order valence-electron chi connectivity index (χ1n) is 11.6. The minimum atomic E-state index is 1.19. The minimum absolute atomic E-state index is 1.19. The zero-order valence-electron chi connectivity index (χ0n) is 18.3. The molecule has 0 bridgehead atoms. The molecule has 0 saturated heterocycles. The van der Waals surface area contributed by atoms with Gasteiger partial charge < -0.3 is 4.98 Å². The number of para-hydroxylation sites is 1. The van der Waals surface area contributed by atoms with Gasteiger partial charge in [-0.25, -0.2) is 0 Å². The van der Waals surface area contributed by atoms with E-state index in [1.54, 1.807) is 0 Å². The number of benzene rings is 6. The van der Waals surface area contributed by atoms with Crippen LogP contribution in [0.15, 0.2) is 109 Å². The molecular weight excluding hydrogens is 430 g/mol. The van der Waals surface area contributed by atoms with E-state index in [2.05, 4.69) is 114 Å². The van der Waals surface area contributed by atoms with Gasteiger partial charge in [0.25, 0.3) is 0 Å². The summed E-state index contributed by atoms with van der Waals surface area (Å²) in [4.78, 5) is 3.71. The third-order valence-corrected chi connectivity index (χ3v) is 8.33. The van der Waals surface area contributed by atoms with Crippen LogP contribution >= 0.6 is 11.3 Å². The first kappa shape index (κ1) is 18.3. The molecule has 0 aliphatic rings. The Labute approximate surface area is 199 Å². The van der Waals surface area contributed by atoms with Gasteiger partial charge in [-0.05, 0) is 56.9 Å². The molecule has 0 aliphatic carbocycles. The highest BCUT2D eigenvalue weighted by Crippen LogP contribution is 2.48. The Balaban J connectivity index is 1.63. The maximum atomic E-state index is 3.71. The molecule has 34 heavy (non-hydrogen) atoms. The normalized spacial score (nSPS) is 12.1. The second kappa shape index (κ2) is 6.69. The number of aromatic nitrogens is 1. The highest BCUT2D eigenvalue weighted by molar-refractivity contribution is 7.27. The number of rotatable bonds is 1. The van der Waals surface area contributed by atoms with E-state index in [4.69, 9.17) is 0 Å². The highest BCUT2D eigenvalue weighted by atomic mass is 32.1. The van der Waals surface area contributed by atoms with Crippen molar-refractivity contribution in [2.45, 2.75) is 0 Å². The average Bonchev–Trinajstić information content (AvgIpc) is 3.46. The second-order valence-corrected chi connectivity index (χ2v) is 10.1. The summed E-state index contributed by atoms with van der Waals surface area (Å²) in [5, 5.41) is 10.5. The van der Waals surface area contributed by atoms with Crippen LogP contribution in [-0.2, 0) is 0 Å². The number of H-pyrrole nitrogens is 1. The van der Waals surface area contributed by atoms with E-state index < -0.39 is 0 Å². The summed E-state index contributed by atoms with van der Waals surface area (Å²) >= 11 is 1.92. The van der Waals surface area contributed by atoms with Gasteiger partial charge in [0, 0.05) is 42.0 Å². The first-order valence-corrected chi connectivity index (χ1v) is 12.4. The Kier molecular flexibility index (Phi) is 3.60. The monoisotopic (exact) mass is 449 g/mol. The fourth-order valence-electron chi connectivity index (χ4n) is 5.62. The van der Waals surface area contributed by atoms with Crippen LogP contribution in [-0.4, -0.2) is 4.98 Å². The standard InChI is InChI=1S/C32H19NS/c1-2-9-21-17-22(14-13-19(21)7-1)25-18-27-29(24-11-5-6-12-26(24)33-27)32-31(25)30-23-10-4-3-8-20(23)15-16-28(30)34-32/h1-18,33H. The van der Waals surface area contributed by atoms with Crippen molar-refractivity contribution in [3.63, 3.8) is 0 Å². The van der Waals surface area contributed by atoms with E-state index in [0.717, 1.165) is 0 Å². The molecule has 2 heterocycles. The Morgan fingerprint density at radius 3 is 2.15 bits per heavy atom. The lowest BCUT2D eigenvalue weighted by Gasteiger charge is -2.09. The number of aromatic amines is 1. The lowest BCUT2D eigenvalue weighted by atomic mass is 9.94. The van der Waals surface area contributed by atoms with Crippen molar-refractivity contribution in [1.29, 1.82) is 0 Å². The van der Waals surface area contributed by atoms with Crippen LogP contribution in [0.4, 0.5) is 0 Å². The summed E-state index contributed by atoms with van der Waals surface area (Å²) in [6, 6.07) is 39.9. The molecule has 6 aromatic carbocycles. The Morgan fingerprint density at radius 1 is 0.500 bits per heavy atom. The maximum Gasteiger partial charge on any atom is 0.0485 e.